The number of carbonyl (C=O) groups is 3. The number of nitrogens with zero attached hydrogens (tertiary/aromatic N) is 2. The summed E-state index contributed by atoms with van der Waals surface area (Å²) in [7, 11) is 0. The lowest BCUT2D eigenvalue weighted by atomic mass is 9.97. The molecule has 0 radical (unpaired) electrons. The second kappa shape index (κ2) is 10.5. The molecule has 1 aliphatic rings. The fourth-order valence-electron chi connectivity index (χ4n) is 3.41. The van der Waals surface area contributed by atoms with Gasteiger partial charge >= 0.3 is 0 Å². The van der Waals surface area contributed by atoms with Gasteiger partial charge in [0.15, 0.2) is 0 Å². The molecule has 0 bridgehead atoms. The van der Waals surface area contributed by atoms with E-state index >= 15 is 0 Å². The number of likely N-dealkylation sites (tertiary alicyclic amines) is 1. The number of rotatable bonds is 8. The summed E-state index contributed by atoms with van der Waals surface area (Å²) >= 11 is 1.37. The Morgan fingerprint density at radius 2 is 2.06 bits per heavy atom. The number of carbonyl (C=O) groups excluding carboxylic acids is 3. The van der Waals surface area contributed by atoms with Gasteiger partial charge in [0.2, 0.25) is 11.8 Å². The molecule has 2 aromatic rings. The van der Waals surface area contributed by atoms with Crippen LogP contribution in [0.3, 0.4) is 0 Å². The molecule has 8 nitrogen and oxygen atoms in total. The third-order valence-corrected chi connectivity index (χ3v) is 5.80. The van der Waals surface area contributed by atoms with Gasteiger partial charge in [-0.25, -0.2) is 9.37 Å². The molecule has 0 aliphatic carbocycles. The van der Waals surface area contributed by atoms with Crippen molar-refractivity contribution in [3.63, 3.8) is 0 Å². The van der Waals surface area contributed by atoms with Crippen LogP contribution in [0.4, 0.5) is 4.39 Å². The number of thiazole rings is 1. The number of ether oxygens (including phenoxy) is 1. The van der Waals surface area contributed by atoms with E-state index in [9.17, 15) is 18.8 Å². The molecule has 1 aromatic heterocycles. The minimum Gasteiger partial charge on any atom is -0.373 e. The predicted molar refractivity (Wildman–Crippen MR) is 113 cm³/mol. The number of nitrogens with two attached hydrogens (primary N) is 1. The summed E-state index contributed by atoms with van der Waals surface area (Å²) in [6, 6.07) is 5.27. The Labute approximate surface area is 183 Å². The van der Waals surface area contributed by atoms with E-state index in [0.717, 1.165) is 10.6 Å². The Balaban J connectivity index is 1.67. The van der Waals surface area contributed by atoms with Gasteiger partial charge < -0.3 is 20.7 Å². The number of aromatic nitrogens is 1. The molecule has 0 saturated carbocycles. The van der Waals surface area contributed by atoms with Crippen molar-refractivity contribution < 1.29 is 23.5 Å². The van der Waals surface area contributed by atoms with Crippen LogP contribution in [0.25, 0.3) is 0 Å². The largest absolute Gasteiger partial charge is 0.373 e. The van der Waals surface area contributed by atoms with Crippen LogP contribution in [0.1, 0.15) is 40.3 Å². The quantitative estimate of drug-likeness (QED) is 0.639. The molecule has 1 saturated heterocycles. The first kappa shape index (κ1) is 22.8. The first-order valence-electron chi connectivity index (χ1n) is 9.98. The number of hydrogen-bond acceptors (Lipinski definition) is 6. The molecule has 3 amide bonds. The Morgan fingerprint density at radius 1 is 1.32 bits per heavy atom. The standard InChI is InChI=1S/C21H25FN4O4S/c1-13-25-17(12-31-13)21(29)26-9-7-16(30-11-14-2-4-15(22)5-3-14)10-18(26)20(28)24-8-6-19(23)27/h2-5,12,16,18H,6-11H2,1H3,(H2,23,27)(H,24,28). The summed E-state index contributed by atoms with van der Waals surface area (Å²) in [5, 5.41) is 5.12. The maximum atomic E-state index is 13.1. The lowest BCUT2D eigenvalue weighted by Crippen LogP contribution is -2.55. The van der Waals surface area contributed by atoms with E-state index in [1.54, 1.807) is 17.5 Å². The number of piperidine rings is 1. The van der Waals surface area contributed by atoms with Gasteiger partial charge in [0, 0.05) is 31.3 Å². The number of hydrogen-bond donors (Lipinski definition) is 2. The summed E-state index contributed by atoms with van der Waals surface area (Å²) in [6.07, 6.45) is 0.625. The van der Waals surface area contributed by atoms with Crippen molar-refractivity contribution in [2.24, 2.45) is 5.73 Å². The zero-order valence-electron chi connectivity index (χ0n) is 17.2. The minimum absolute atomic E-state index is 0.0161. The minimum atomic E-state index is -0.755. The molecule has 3 rings (SSSR count). The first-order chi connectivity index (χ1) is 14.8. The van der Waals surface area contributed by atoms with Crippen LogP contribution in [0.2, 0.25) is 0 Å². The second-order valence-electron chi connectivity index (χ2n) is 7.36. The van der Waals surface area contributed by atoms with Crippen LogP contribution in [-0.4, -0.2) is 52.8 Å². The highest BCUT2D eigenvalue weighted by Crippen LogP contribution is 2.24. The van der Waals surface area contributed by atoms with Crippen molar-refractivity contribution in [3.8, 4) is 0 Å². The third kappa shape index (κ3) is 6.31. The van der Waals surface area contributed by atoms with E-state index in [-0.39, 0.29) is 43.3 Å². The molecule has 1 fully saturated rings. The third-order valence-electron chi connectivity index (χ3n) is 5.03. The van der Waals surface area contributed by atoms with Crippen LogP contribution in [0, 0.1) is 12.7 Å². The molecule has 10 heteroatoms. The molecule has 1 aliphatic heterocycles. The number of nitrogens with one attached hydrogen (secondary N) is 1. The molecule has 0 spiro atoms. The monoisotopic (exact) mass is 448 g/mol. The first-order valence-corrected chi connectivity index (χ1v) is 10.9. The zero-order valence-corrected chi connectivity index (χ0v) is 18.0. The normalized spacial score (nSPS) is 18.6. The van der Waals surface area contributed by atoms with Crippen molar-refractivity contribution in [2.45, 2.75) is 44.9 Å². The summed E-state index contributed by atoms with van der Waals surface area (Å²) in [6.45, 7) is 2.52. The topological polar surface area (TPSA) is 115 Å². The van der Waals surface area contributed by atoms with Gasteiger partial charge in [-0.1, -0.05) is 12.1 Å². The average Bonchev–Trinajstić information content (AvgIpc) is 3.18. The van der Waals surface area contributed by atoms with E-state index in [2.05, 4.69) is 10.3 Å². The SMILES string of the molecule is Cc1nc(C(=O)N2CCC(OCc3ccc(F)cc3)CC2C(=O)NCCC(N)=O)cs1. The smallest absolute Gasteiger partial charge is 0.274 e. The Morgan fingerprint density at radius 3 is 2.71 bits per heavy atom. The van der Waals surface area contributed by atoms with Crippen molar-refractivity contribution in [1.82, 2.24) is 15.2 Å². The lowest BCUT2D eigenvalue weighted by molar-refractivity contribution is -0.129. The molecule has 166 valence electrons. The van der Waals surface area contributed by atoms with E-state index in [1.807, 2.05) is 6.92 Å². The second-order valence-corrected chi connectivity index (χ2v) is 8.42. The van der Waals surface area contributed by atoms with Gasteiger partial charge in [-0.2, -0.15) is 0 Å². The molecule has 3 N–H and O–H groups in total. The van der Waals surface area contributed by atoms with Gasteiger partial charge in [-0.05, 0) is 31.0 Å². The fraction of sp³-hybridized carbons (Fsp3) is 0.429. The number of benzene rings is 1. The molecular formula is C21H25FN4O4S. The summed E-state index contributed by atoms with van der Waals surface area (Å²) in [4.78, 5) is 42.5. The average molecular weight is 449 g/mol. The number of halogens is 1. The maximum Gasteiger partial charge on any atom is 0.274 e. The Bertz CT molecular complexity index is 934. The Hall–Kier alpha value is -2.85. The number of amides is 3. The molecule has 2 heterocycles. The van der Waals surface area contributed by atoms with Crippen molar-refractivity contribution in [2.75, 3.05) is 13.1 Å². The number of aryl methyl sites for hydroxylation is 1. The van der Waals surface area contributed by atoms with E-state index < -0.39 is 11.9 Å². The zero-order chi connectivity index (χ0) is 22.4. The highest BCUT2D eigenvalue weighted by molar-refractivity contribution is 7.09. The highest BCUT2D eigenvalue weighted by Gasteiger charge is 2.37. The lowest BCUT2D eigenvalue weighted by Gasteiger charge is -2.38. The van der Waals surface area contributed by atoms with E-state index in [4.69, 9.17) is 10.5 Å². The van der Waals surface area contributed by atoms with Crippen LogP contribution in [-0.2, 0) is 20.9 Å². The van der Waals surface area contributed by atoms with Crippen LogP contribution < -0.4 is 11.1 Å². The van der Waals surface area contributed by atoms with Gasteiger partial charge in [0.05, 0.1) is 17.7 Å². The molecule has 2 unspecified atom stereocenters. The van der Waals surface area contributed by atoms with Crippen molar-refractivity contribution in [3.05, 3.63) is 51.7 Å². The molecule has 1 aromatic carbocycles. The van der Waals surface area contributed by atoms with Gasteiger partial charge in [-0.3, -0.25) is 14.4 Å². The maximum absolute atomic E-state index is 13.1. The summed E-state index contributed by atoms with van der Waals surface area (Å²) in [5.74, 6) is -1.51. The van der Waals surface area contributed by atoms with Gasteiger partial charge in [-0.15, -0.1) is 11.3 Å². The van der Waals surface area contributed by atoms with Crippen molar-refractivity contribution >= 4 is 29.1 Å². The Kier molecular flexibility index (Phi) is 7.69. The van der Waals surface area contributed by atoms with E-state index in [0.29, 0.717) is 25.1 Å². The predicted octanol–water partition coefficient (Wildman–Crippen LogP) is 1.77. The molecule has 2 atom stereocenters. The van der Waals surface area contributed by atoms with Gasteiger partial charge in [0.25, 0.3) is 5.91 Å². The van der Waals surface area contributed by atoms with Gasteiger partial charge in [0.1, 0.15) is 17.6 Å². The molecule has 31 heavy (non-hydrogen) atoms. The van der Waals surface area contributed by atoms with Crippen LogP contribution in [0.5, 0.6) is 0 Å². The van der Waals surface area contributed by atoms with E-state index in [1.165, 1.54) is 28.4 Å². The van der Waals surface area contributed by atoms with Crippen LogP contribution in [0.15, 0.2) is 29.6 Å². The highest BCUT2D eigenvalue weighted by atomic mass is 32.1. The summed E-state index contributed by atoms with van der Waals surface area (Å²) < 4.78 is 19.0. The van der Waals surface area contributed by atoms with Crippen LogP contribution >= 0.6 is 11.3 Å². The number of primary amides is 1. The fourth-order valence-corrected chi connectivity index (χ4v) is 3.99. The summed E-state index contributed by atoms with van der Waals surface area (Å²) in [5.41, 5.74) is 6.26. The molecular weight excluding hydrogens is 423 g/mol. The van der Waals surface area contributed by atoms with Crippen molar-refractivity contribution in [1.29, 1.82) is 0 Å².